The Bertz CT molecular complexity index is 2180. The van der Waals surface area contributed by atoms with Crippen LogP contribution in [0.3, 0.4) is 0 Å². The number of hydrogen-bond donors (Lipinski definition) is 4. The lowest BCUT2D eigenvalue weighted by Crippen LogP contribution is -2.28. The smallest absolute Gasteiger partial charge is 0.118 e. The summed E-state index contributed by atoms with van der Waals surface area (Å²) in [5.41, 5.74) is 11.2. The van der Waals surface area contributed by atoms with Crippen molar-refractivity contribution in [3.05, 3.63) is 214 Å². The number of benzene rings is 7. The summed E-state index contributed by atoms with van der Waals surface area (Å²) in [6.45, 7) is 6.02. The van der Waals surface area contributed by atoms with Gasteiger partial charge in [0, 0.05) is 5.41 Å². The number of phenols is 4. The molecular weight excluding hydrogens is 629 g/mol. The van der Waals surface area contributed by atoms with E-state index in [1.807, 2.05) is 68.4 Å². The van der Waals surface area contributed by atoms with E-state index in [9.17, 15) is 20.4 Å². The second kappa shape index (κ2) is 13.2. The average Bonchev–Trinajstić information content (AvgIpc) is 3.46. The van der Waals surface area contributed by atoms with E-state index >= 15 is 0 Å². The predicted octanol–water partition coefficient (Wildman–Crippen LogP) is 10.5. The van der Waals surface area contributed by atoms with Crippen LogP contribution in [0.5, 0.6) is 23.0 Å². The second-order valence-electron chi connectivity index (χ2n) is 13.4. The summed E-state index contributed by atoms with van der Waals surface area (Å²) in [6, 6.07) is 53.6. The van der Waals surface area contributed by atoms with Gasteiger partial charge in [0.25, 0.3) is 0 Å². The zero-order chi connectivity index (χ0) is 35.8. The summed E-state index contributed by atoms with van der Waals surface area (Å²) in [7, 11) is 0. The number of aryl methyl sites for hydroxylation is 2. The molecule has 8 rings (SSSR count). The van der Waals surface area contributed by atoms with Crippen molar-refractivity contribution in [1.29, 1.82) is 0 Å². The molecule has 4 nitrogen and oxygen atoms in total. The standard InChI is InChI=1S/C27H22O2.C20H18O2/c1-17-15-19(11-13-25(17)28)27(20-12-14-26(29)18(2)16-20)23-9-5-3-7-21(23)22-8-4-6-10-24(22)27;1-20(15-5-3-2-4-6-15,16-7-11-18(21)12-8-16)17-9-13-19(22)14-10-17/h3-16,28-29H,1-2H3;2-14,21-22H,1H3. The largest absolute Gasteiger partial charge is 0.508 e. The van der Waals surface area contributed by atoms with Crippen LogP contribution in [0.25, 0.3) is 11.1 Å². The SMILES string of the molecule is CC(c1ccccc1)(c1ccc(O)cc1)c1ccc(O)cc1.Cc1cc(C2(c3ccc(O)c(C)c3)c3ccccc3-c3ccccc32)ccc1O. The Hall–Kier alpha value is -6.26. The molecule has 0 spiro atoms. The molecule has 1 aliphatic rings. The first kappa shape index (κ1) is 33.2. The molecule has 0 aromatic heterocycles. The van der Waals surface area contributed by atoms with Crippen molar-refractivity contribution in [3.63, 3.8) is 0 Å². The van der Waals surface area contributed by atoms with Gasteiger partial charge in [-0.1, -0.05) is 127 Å². The Morgan fingerprint density at radius 3 is 1.20 bits per heavy atom. The molecule has 4 N–H and O–H groups in total. The van der Waals surface area contributed by atoms with Crippen molar-refractivity contribution >= 4 is 0 Å². The quantitative estimate of drug-likeness (QED) is 0.138. The molecule has 0 bridgehead atoms. The van der Waals surface area contributed by atoms with E-state index in [2.05, 4.69) is 79.7 Å². The maximum atomic E-state index is 10.2. The maximum absolute atomic E-state index is 10.2. The maximum Gasteiger partial charge on any atom is 0.118 e. The van der Waals surface area contributed by atoms with Crippen molar-refractivity contribution in [2.24, 2.45) is 0 Å². The minimum atomic E-state index is -0.510. The van der Waals surface area contributed by atoms with Gasteiger partial charge in [-0.25, -0.2) is 0 Å². The van der Waals surface area contributed by atoms with E-state index in [-0.39, 0.29) is 16.9 Å². The molecule has 51 heavy (non-hydrogen) atoms. The summed E-state index contributed by atoms with van der Waals surface area (Å²) in [5.74, 6) is 1.10. The average molecular weight is 669 g/mol. The Morgan fingerprint density at radius 1 is 0.412 bits per heavy atom. The van der Waals surface area contributed by atoms with Crippen LogP contribution in [0.4, 0.5) is 0 Å². The van der Waals surface area contributed by atoms with Crippen LogP contribution in [0.2, 0.25) is 0 Å². The van der Waals surface area contributed by atoms with E-state index in [0.29, 0.717) is 11.5 Å². The number of fused-ring (bicyclic) bond motifs is 3. The van der Waals surface area contributed by atoms with Gasteiger partial charge >= 0.3 is 0 Å². The lowest BCUT2D eigenvalue weighted by atomic mass is 9.67. The second-order valence-corrected chi connectivity index (χ2v) is 13.4. The van der Waals surface area contributed by atoms with Gasteiger partial charge in [0.05, 0.1) is 5.41 Å². The Labute approximate surface area is 299 Å². The molecule has 0 saturated heterocycles. The molecule has 252 valence electrons. The first-order valence-corrected chi connectivity index (χ1v) is 17.1. The molecule has 0 amide bonds. The van der Waals surface area contributed by atoms with E-state index in [0.717, 1.165) is 38.9 Å². The molecule has 0 heterocycles. The van der Waals surface area contributed by atoms with Crippen LogP contribution in [-0.4, -0.2) is 20.4 Å². The van der Waals surface area contributed by atoms with Crippen molar-refractivity contribution < 1.29 is 20.4 Å². The Balaban J connectivity index is 0.000000166. The lowest BCUT2D eigenvalue weighted by molar-refractivity contribution is 0.470. The van der Waals surface area contributed by atoms with Gasteiger partial charge < -0.3 is 20.4 Å². The van der Waals surface area contributed by atoms with Crippen LogP contribution in [0.15, 0.2) is 164 Å². The molecule has 7 aromatic rings. The van der Waals surface area contributed by atoms with Crippen molar-refractivity contribution in [2.75, 3.05) is 0 Å². The van der Waals surface area contributed by atoms with E-state index < -0.39 is 5.41 Å². The normalized spacial score (nSPS) is 12.7. The van der Waals surface area contributed by atoms with Crippen LogP contribution < -0.4 is 0 Å². The van der Waals surface area contributed by atoms with Gasteiger partial charge in [0.1, 0.15) is 23.0 Å². The third-order valence-electron chi connectivity index (χ3n) is 10.5. The highest BCUT2D eigenvalue weighted by Gasteiger charge is 2.46. The monoisotopic (exact) mass is 668 g/mol. The van der Waals surface area contributed by atoms with Crippen molar-refractivity contribution in [3.8, 4) is 34.1 Å². The number of phenolic OH excluding ortho intramolecular Hbond substituents is 4. The topological polar surface area (TPSA) is 80.9 Å². The molecule has 0 unspecified atom stereocenters. The van der Waals surface area contributed by atoms with Gasteiger partial charge in [0.2, 0.25) is 0 Å². The fourth-order valence-electron chi connectivity index (χ4n) is 7.66. The fraction of sp³-hybridized carbons (Fsp3) is 0.106. The first-order chi connectivity index (χ1) is 24.6. The van der Waals surface area contributed by atoms with Crippen LogP contribution in [-0.2, 0) is 10.8 Å². The Kier molecular flexibility index (Phi) is 8.62. The van der Waals surface area contributed by atoms with Gasteiger partial charge in [0.15, 0.2) is 0 Å². The van der Waals surface area contributed by atoms with Gasteiger partial charge in [-0.05, 0) is 118 Å². The summed E-state index contributed by atoms with van der Waals surface area (Å²) in [5, 5.41) is 39.5. The third kappa shape index (κ3) is 5.69. The predicted molar refractivity (Wildman–Crippen MR) is 205 cm³/mol. The zero-order valence-corrected chi connectivity index (χ0v) is 28.9. The highest BCUT2D eigenvalue weighted by Crippen LogP contribution is 2.56. The summed E-state index contributed by atoms with van der Waals surface area (Å²) in [6.07, 6.45) is 0. The summed E-state index contributed by atoms with van der Waals surface area (Å²) >= 11 is 0. The van der Waals surface area contributed by atoms with Crippen LogP contribution in [0.1, 0.15) is 57.0 Å². The molecular formula is C47H40O4. The number of aromatic hydroxyl groups is 4. The molecule has 0 radical (unpaired) electrons. The third-order valence-corrected chi connectivity index (χ3v) is 10.5. The highest BCUT2D eigenvalue weighted by molar-refractivity contribution is 5.86. The fourth-order valence-corrected chi connectivity index (χ4v) is 7.66. The summed E-state index contributed by atoms with van der Waals surface area (Å²) in [4.78, 5) is 0. The van der Waals surface area contributed by atoms with Gasteiger partial charge in [-0.2, -0.15) is 0 Å². The molecule has 0 atom stereocenters. The molecule has 0 aliphatic heterocycles. The van der Waals surface area contributed by atoms with Gasteiger partial charge in [-0.3, -0.25) is 0 Å². The zero-order valence-electron chi connectivity index (χ0n) is 28.9. The first-order valence-electron chi connectivity index (χ1n) is 17.1. The van der Waals surface area contributed by atoms with Crippen molar-refractivity contribution in [1.82, 2.24) is 0 Å². The summed E-state index contributed by atoms with van der Waals surface area (Å²) < 4.78 is 0. The van der Waals surface area contributed by atoms with Crippen molar-refractivity contribution in [2.45, 2.75) is 31.6 Å². The van der Waals surface area contributed by atoms with E-state index in [1.54, 1.807) is 36.4 Å². The highest BCUT2D eigenvalue weighted by atomic mass is 16.3. The molecule has 4 heteroatoms. The van der Waals surface area contributed by atoms with E-state index in [1.165, 1.54) is 22.3 Å². The van der Waals surface area contributed by atoms with Crippen LogP contribution in [0, 0.1) is 13.8 Å². The van der Waals surface area contributed by atoms with E-state index in [4.69, 9.17) is 0 Å². The van der Waals surface area contributed by atoms with Gasteiger partial charge in [-0.15, -0.1) is 0 Å². The lowest BCUT2D eigenvalue weighted by Gasteiger charge is -2.34. The molecule has 7 aromatic carbocycles. The number of rotatable bonds is 5. The minimum Gasteiger partial charge on any atom is -0.508 e. The molecule has 0 fully saturated rings. The number of hydrogen-bond acceptors (Lipinski definition) is 4. The van der Waals surface area contributed by atoms with Crippen LogP contribution >= 0.6 is 0 Å². The minimum absolute atomic E-state index is 0.255. The molecule has 1 aliphatic carbocycles. The molecule has 0 saturated carbocycles. The Morgan fingerprint density at radius 2 is 0.784 bits per heavy atom.